The molecule has 0 saturated carbocycles. The minimum Gasteiger partial charge on any atom is -0.387 e. The summed E-state index contributed by atoms with van der Waals surface area (Å²) in [6, 6.07) is 7.07. The molecule has 0 heterocycles. The Labute approximate surface area is 99.4 Å². The van der Waals surface area contributed by atoms with Crippen molar-refractivity contribution in [1.82, 2.24) is 10.6 Å². The Morgan fingerprint density at radius 1 is 1.47 bits per heavy atom. The van der Waals surface area contributed by atoms with Crippen LogP contribution in [0, 0.1) is 0 Å². The molecule has 0 aliphatic carbocycles. The number of aliphatic hydroxyl groups is 1. The summed E-state index contributed by atoms with van der Waals surface area (Å²) in [6.07, 6.45) is -0.589. The first-order valence-electron chi connectivity index (χ1n) is 4.52. The highest BCUT2D eigenvalue weighted by Crippen LogP contribution is 2.15. The summed E-state index contributed by atoms with van der Waals surface area (Å²) < 4.78 is 0. The lowest BCUT2D eigenvalue weighted by atomic mass is 10.1. The van der Waals surface area contributed by atoms with E-state index < -0.39 is 6.10 Å². The highest BCUT2D eigenvalue weighted by molar-refractivity contribution is 7.80. The van der Waals surface area contributed by atoms with Crippen LogP contribution in [0.2, 0.25) is 5.02 Å². The molecular weight excluding hydrogens is 232 g/mol. The summed E-state index contributed by atoms with van der Waals surface area (Å²) in [7, 11) is 1.73. The van der Waals surface area contributed by atoms with Gasteiger partial charge in [0, 0.05) is 18.6 Å². The number of benzene rings is 1. The van der Waals surface area contributed by atoms with E-state index in [0.29, 0.717) is 16.7 Å². The zero-order valence-corrected chi connectivity index (χ0v) is 9.90. The lowest BCUT2D eigenvalue weighted by molar-refractivity contribution is 0.181. The first kappa shape index (κ1) is 12.2. The number of nitrogens with one attached hydrogen (secondary N) is 2. The van der Waals surface area contributed by atoms with Gasteiger partial charge in [0.15, 0.2) is 5.11 Å². The Hall–Kier alpha value is -0.840. The predicted molar refractivity (Wildman–Crippen MR) is 66.1 cm³/mol. The summed E-state index contributed by atoms with van der Waals surface area (Å²) >= 11 is 10.6. The third kappa shape index (κ3) is 4.03. The number of aliphatic hydroxyl groups excluding tert-OH is 1. The van der Waals surface area contributed by atoms with Gasteiger partial charge in [-0.15, -0.1) is 0 Å². The van der Waals surface area contributed by atoms with Crippen LogP contribution >= 0.6 is 23.8 Å². The average molecular weight is 245 g/mol. The van der Waals surface area contributed by atoms with Gasteiger partial charge in [0.25, 0.3) is 0 Å². The van der Waals surface area contributed by atoms with Crippen LogP contribution in [0.25, 0.3) is 0 Å². The lowest BCUT2D eigenvalue weighted by Crippen LogP contribution is -2.35. The van der Waals surface area contributed by atoms with Crippen molar-refractivity contribution in [3.8, 4) is 0 Å². The smallest absolute Gasteiger partial charge is 0.166 e. The summed E-state index contributed by atoms with van der Waals surface area (Å²) in [5.41, 5.74) is 0.811. The van der Waals surface area contributed by atoms with Crippen molar-refractivity contribution in [2.24, 2.45) is 0 Å². The Kier molecular flexibility index (Phi) is 4.81. The molecule has 0 saturated heterocycles. The van der Waals surface area contributed by atoms with E-state index in [9.17, 15) is 5.11 Å². The van der Waals surface area contributed by atoms with Crippen LogP contribution in [0.3, 0.4) is 0 Å². The molecule has 0 amide bonds. The van der Waals surface area contributed by atoms with Crippen molar-refractivity contribution in [2.75, 3.05) is 13.6 Å². The van der Waals surface area contributed by atoms with Gasteiger partial charge in [-0.25, -0.2) is 0 Å². The number of thiocarbonyl (C=S) groups is 1. The first-order valence-corrected chi connectivity index (χ1v) is 5.31. The zero-order valence-electron chi connectivity index (χ0n) is 8.33. The fourth-order valence-electron chi connectivity index (χ4n) is 1.08. The summed E-state index contributed by atoms with van der Waals surface area (Å²) in [6.45, 7) is 0.376. The molecule has 1 unspecified atom stereocenters. The van der Waals surface area contributed by atoms with Gasteiger partial charge in [-0.1, -0.05) is 23.7 Å². The maximum Gasteiger partial charge on any atom is 0.166 e. The van der Waals surface area contributed by atoms with E-state index in [2.05, 4.69) is 10.6 Å². The molecule has 1 aromatic carbocycles. The van der Waals surface area contributed by atoms with Gasteiger partial charge < -0.3 is 15.7 Å². The third-order valence-electron chi connectivity index (χ3n) is 1.94. The van der Waals surface area contributed by atoms with Gasteiger partial charge >= 0.3 is 0 Å². The second kappa shape index (κ2) is 5.90. The summed E-state index contributed by atoms with van der Waals surface area (Å²) in [5.74, 6) is 0. The molecule has 5 heteroatoms. The standard InChI is InChI=1S/C10H13ClN2OS/c1-12-10(15)13-6-9(14)7-2-4-8(11)5-3-7/h2-5,9,14H,6H2,1H3,(H2,12,13,15). The molecule has 1 rings (SSSR count). The second-order valence-electron chi connectivity index (χ2n) is 3.03. The maximum absolute atomic E-state index is 9.76. The predicted octanol–water partition coefficient (Wildman–Crippen LogP) is 1.47. The van der Waals surface area contributed by atoms with Crippen LogP contribution in [0.4, 0.5) is 0 Å². The van der Waals surface area contributed by atoms with E-state index in [4.69, 9.17) is 23.8 Å². The van der Waals surface area contributed by atoms with Crippen molar-refractivity contribution in [3.05, 3.63) is 34.9 Å². The van der Waals surface area contributed by atoms with Crippen LogP contribution in [0.15, 0.2) is 24.3 Å². The minimum atomic E-state index is -0.589. The topological polar surface area (TPSA) is 44.3 Å². The normalized spacial score (nSPS) is 11.9. The van der Waals surface area contributed by atoms with Crippen molar-refractivity contribution in [1.29, 1.82) is 0 Å². The Morgan fingerprint density at radius 3 is 2.60 bits per heavy atom. The molecule has 82 valence electrons. The van der Waals surface area contributed by atoms with Crippen LogP contribution in [0.5, 0.6) is 0 Å². The van der Waals surface area contributed by atoms with Crippen molar-refractivity contribution in [3.63, 3.8) is 0 Å². The molecule has 0 fully saturated rings. The summed E-state index contributed by atoms with van der Waals surface area (Å²) in [5, 5.41) is 16.6. The van der Waals surface area contributed by atoms with E-state index in [1.165, 1.54) is 0 Å². The molecule has 1 aromatic rings. The maximum atomic E-state index is 9.76. The molecule has 1 atom stereocenters. The van der Waals surface area contributed by atoms with Gasteiger partial charge in [-0.05, 0) is 29.9 Å². The van der Waals surface area contributed by atoms with E-state index in [1.807, 2.05) is 0 Å². The fraction of sp³-hybridized carbons (Fsp3) is 0.300. The summed E-state index contributed by atoms with van der Waals surface area (Å²) in [4.78, 5) is 0. The third-order valence-corrected chi connectivity index (χ3v) is 2.54. The van der Waals surface area contributed by atoms with Crippen molar-refractivity contribution in [2.45, 2.75) is 6.10 Å². The van der Waals surface area contributed by atoms with E-state index in [-0.39, 0.29) is 0 Å². The molecule has 0 spiro atoms. The lowest BCUT2D eigenvalue weighted by Gasteiger charge is -2.13. The number of hydrogen-bond donors (Lipinski definition) is 3. The van der Waals surface area contributed by atoms with E-state index >= 15 is 0 Å². The molecule has 3 nitrogen and oxygen atoms in total. The molecule has 0 aliphatic rings. The SMILES string of the molecule is CNC(=S)NCC(O)c1ccc(Cl)cc1. The molecule has 0 bridgehead atoms. The van der Waals surface area contributed by atoms with Crippen LogP contribution in [0.1, 0.15) is 11.7 Å². The highest BCUT2D eigenvalue weighted by atomic mass is 35.5. The van der Waals surface area contributed by atoms with Gasteiger partial charge in [-0.3, -0.25) is 0 Å². The second-order valence-corrected chi connectivity index (χ2v) is 3.87. The molecular formula is C10H13ClN2OS. The quantitative estimate of drug-likeness (QED) is 0.705. The Balaban J connectivity index is 2.50. The molecule has 0 aromatic heterocycles. The zero-order chi connectivity index (χ0) is 11.3. The monoisotopic (exact) mass is 244 g/mol. The van der Waals surface area contributed by atoms with Crippen LogP contribution in [-0.2, 0) is 0 Å². The van der Waals surface area contributed by atoms with Crippen molar-refractivity contribution >= 4 is 28.9 Å². The molecule has 0 aliphatic heterocycles. The Bertz CT molecular complexity index is 329. The van der Waals surface area contributed by atoms with Crippen molar-refractivity contribution < 1.29 is 5.11 Å². The van der Waals surface area contributed by atoms with Gasteiger partial charge in [-0.2, -0.15) is 0 Å². The molecule has 15 heavy (non-hydrogen) atoms. The molecule has 0 radical (unpaired) electrons. The van der Waals surface area contributed by atoms with E-state index in [1.54, 1.807) is 31.3 Å². The minimum absolute atomic E-state index is 0.376. The Morgan fingerprint density at radius 2 is 2.07 bits per heavy atom. The number of hydrogen-bond acceptors (Lipinski definition) is 2. The van der Waals surface area contributed by atoms with Crippen LogP contribution < -0.4 is 10.6 Å². The van der Waals surface area contributed by atoms with Gasteiger partial charge in [0.1, 0.15) is 0 Å². The fourth-order valence-corrected chi connectivity index (χ4v) is 1.29. The first-order chi connectivity index (χ1) is 7.13. The van der Waals surface area contributed by atoms with E-state index in [0.717, 1.165) is 5.56 Å². The highest BCUT2D eigenvalue weighted by Gasteiger charge is 2.06. The number of rotatable bonds is 3. The van der Waals surface area contributed by atoms with Gasteiger partial charge in [0.2, 0.25) is 0 Å². The average Bonchev–Trinajstić information content (AvgIpc) is 2.26. The number of halogens is 1. The largest absolute Gasteiger partial charge is 0.387 e. The van der Waals surface area contributed by atoms with Crippen LogP contribution in [-0.4, -0.2) is 23.8 Å². The molecule has 3 N–H and O–H groups in total. The van der Waals surface area contributed by atoms with Gasteiger partial charge in [0.05, 0.1) is 6.10 Å².